The number of likely N-dealkylation sites (tertiary alicyclic amines) is 1. The molecule has 3 aromatic rings. The van der Waals surface area contributed by atoms with E-state index in [1.165, 1.54) is 31.7 Å². The highest BCUT2D eigenvalue weighted by atomic mass is 35.5. The second kappa shape index (κ2) is 11.1. The summed E-state index contributed by atoms with van der Waals surface area (Å²) in [5.74, 6) is -3.09. The summed E-state index contributed by atoms with van der Waals surface area (Å²) < 4.78 is 62.6. The molecule has 1 saturated heterocycles. The molecule has 1 fully saturated rings. The zero-order valence-electron chi connectivity index (χ0n) is 21.0. The van der Waals surface area contributed by atoms with Crippen LogP contribution in [0.2, 0.25) is 5.02 Å². The molecule has 2 heterocycles. The van der Waals surface area contributed by atoms with Crippen LogP contribution >= 0.6 is 22.9 Å². The highest BCUT2D eigenvalue weighted by Crippen LogP contribution is 2.31. The van der Waals surface area contributed by atoms with Crippen molar-refractivity contribution in [2.75, 3.05) is 22.7 Å². The van der Waals surface area contributed by atoms with E-state index >= 15 is 8.78 Å². The number of nitrogens with zero attached hydrogens (tertiary/aromatic N) is 3. The third kappa shape index (κ3) is 6.25. The van der Waals surface area contributed by atoms with Gasteiger partial charge < -0.3 is 10.1 Å². The van der Waals surface area contributed by atoms with E-state index in [2.05, 4.69) is 15.2 Å². The molecule has 1 N–H and O–H groups in total. The Balaban J connectivity index is 1.62. The molecule has 1 aliphatic rings. The van der Waals surface area contributed by atoms with Crippen LogP contribution in [0.25, 0.3) is 0 Å². The van der Waals surface area contributed by atoms with E-state index in [0.717, 1.165) is 54.1 Å². The predicted octanol–water partition coefficient (Wildman–Crippen LogP) is 6.02. The Labute approximate surface area is 229 Å². The average molecular weight is 585 g/mol. The van der Waals surface area contributed by atoms with Gasteiger partial charge >= 0.3 is 6.09 Å². The van der Waals surface area contributed by atoms with Gasteiger partial charge in [-0.25, -0.2) is 27.0 Å². The lowest BCUT2D eigenvalue weighted by Crippen LogP contribution is -2.41. The first-order valence-electron chi connectivity index (χ1n) is 11.7. The number of carbonyl (C=O) groups excluding carboxylic acids is 1. The number of nitrogens with one attached hydrogen (secondary N) is 1. The summed E-state index contributed by atoms with van der Waals surface area (Å²) in [7, 11) is -5.07. The van der Waals surface area contributed by atoms with Crippen LogP contribution < -0.4 is 9.62 Å². The third-order valence-corrected chi connectivity index (χ3v) is 8.36. The van der Waals surface area contributed by atoms with Crippen LogP contribution in [0, 0.1) is 11.6 Å². The number of aromatic nitrogens is 1. The first-order chi connectivity index (χ1) is 17.9. The minimum absolute atomic E-state index is 0.00578. The minimum atomic E-state index is -5.07. The van der Waals surface area contributed by atoms with Gasteiger partial charge in [0.1, 0.15) is 17.2 Å². The molecule has 0 saturated carbocycles. The number of halogens is 3. The van der Waals surface area contributed by atoms with Crippen LogP contribution in [0.1, 0.15) is 38.3 Å². The van der Waals surface area contributed by atoms with E-state index in [1.54, 1.807) is 6.07 Å². The van der Waals surface area contributed by atoms with Crippen molar-refractivity contribution < 1.29 is 26.7 Å². The van der Waals surface area contributed by atoms with Crippen LogP contribution in [-0.2, 0) is 27.8 Å². The maximum Gasteiger partial charge on any atom is 0.430 e. The number of ether oxygens (including phenoxy) is 1. The van der Waals surface area contributed by atoms with E-state index in [1.807, 2.05) is 12.1 Å². The van der Waals surface area contributed by atoms with Crippen LogP contribution in [-0.4, -0.2) is 43.1 Å². The molecule has 0 unspecified atom stereocenters. The van der Waals surface area contributed by atoms with E-state index in [4.69, 9.17) is 16.3 Å². The summed E-state index contributed by atoms with van der Waals surface area (Å²) in [6, 6.07) is 7.24. The van der Waals surface area contributed by atoms with E-state index in [9.17, 15) is 13.2 Å². The van der Waals surface area contributed by atoms with E-state index in [0.29, 0.717) is 11.6 Å². The summed E-state index contributed by atoms with van der Waals surface area (Å²) in [6.07, 6.45) is -0.201. The van der Waals surface area contributed by atoms with Gasteiger partial charge in [-0.3, -0.25) is 4.90 Å². The molecule has 1 amide bonds. The summed E-state index contributed by atoms with van der Waals surface area (Å²) in [6.45, 7) is 7.45. The van der Waals surface area contributed by atoms with Gasteiger partial charge in [-0.15, -0.1) is 15.6 Å². The fourth-order valence-corrected chi connectivity index (χ4v) is 6.06. The van der Waals surface area contributed by atoms with Gasteiger partial charge in [0, 0.05) is 29.2 Å². The van der Waals surface area contributed by atoms with Gasteiger partial charge in [-0.1, -0.05) is 23.7 Å². The number of carbonyl (C=O) groups is 1. The van der Waals surface area contributed by atoms with Gasteiger partial charge in [0.2, 0.25) is 0 Å². The molecular formula is C25H27ClF2N4O4S2. The maximum absolute atomic E-state index is 15.2. The molecule has 0 aliphatic carbocycles. The Kier molecular flexibility index (Phi) is 8.26. The van der Waals surface area contributed by atoms with Crippen molar-refractivity contribution in [3.05, 3.63) is 69.0 Å². The number of sulfonamides is 1. The molecule has 1 aliphatic heterocycles. The van der Waals surface area contributed by atoms with E-state index < -0.39 is 38.2 Å². The highest BCUT2D eigenvalue weighted by molar-refractivity contribution is 7.93. The van der Waals surface area contributed by atoms with Crippen LogP contribution in [0.4, 0.5) is 25.1 Å². The topological polar surface area (TPSA) is 91.8 Å². The highest BCUT2D eigenvalue weighted by Gasteiger charge is 2.39. The smallest absolute Gasteiger partial charge is 0.430 e. The van der Waals surface area contributed by atoms with Crippen molar-refractivity contribution in [1.82, 2.24) is 9.88 Å². The largest absolute Gasteiger partial charge is 0.443 e. The average Bonchev–Trinajstić information content (AvgIpc) is 3.27. The van der Waals surface area contributed by atoms with Crippen LogP contribution in [0.3, 0.4) is 0 Å². The summed E-state index contributed by atoms with van der Waals surface area (Å²) in [5, 5.41) is 4.69. The van der Waals surface area contributed by atoms with Gasteiger partial charge in [0.25, 0.3) is 10.0 Å². The maximum atomic E-state index is 15.2. The Hall–Kier alpha value is -2.80. The van der Waals surface area contributed by atoms with Crippen LogP contribution in [0.15, 0.2) is 46.1 Å². The van der Waals surface area contributed by atoms with Gasteiger partial charge in [0.15, 0.2) is 10.7 Å². The van der Waals surface area contributed by atoms with E-state index in [-0.39, 0.29) is 22.4 Å². The fourth-order valence-electron chi connectivity index (χ4n) is 3.84. The number of benzene rings is 2. The fraction of sp³-hybridized carbons (Fsp3) is 0.360. The monoisotopic (exact) mass is 584 g/mol. The molecule has 0 radical (unpaired) electrons. The van der Waals surface area contributed by atoms with Crippen molar-refractivity contribution in [2.24, 2.45) is 0 Å². The molecule has 8 nitrogen and oxygen atoms in total. The predicted molar refractivity (Wildman–Crippen MR) is 143 cm³/mol. The lowest BCUT2D eigenvalue weighted by atomic mass is 10.0. The third-order valence-electron chi connectivity index (χ3n) is 5.71. The quantitative estimate of drug-likeness (QED) is 0.346. The molecule has 2 aromatic carbocycles. The Morgan fingerprint density at radius 1 is 1.24 bits per heavy atom. The number of hydrogen-bond acceptors (Lipinski definition) is 8. The minimum Gasteiger partial charge on any atom is -0.443 e. The summed E-state index contributed by atoms with van der Waals surface area (Å²) in [4.78, 5) is 17.6. The second-order valence-corrected chi connectivity index (χ2v) is 12.6. The second-order valence-electron chi connectivity index (χ2n) is 9.73. The lowest BCUT2D eigenvalue weighted by Gasteiger charge is -2.31. The van der Waals surface area contributed by atoms with Crippen molar-refractivity contribution in [3.8, 4) is 0 Å². The molecule has 0 atom stereocenters. The summed E-state index contributed by atoms with van der Waals surface area (Å²) >= 11 is 7.41. The standard InChI is InChI=1S/C25H27ClF2N4O4S2/c1-25(2,3)36-24(33)32(22-14-37-15-30-22)38(34,35)23-20(27)10-17(11-21(23)28)29-12-18-16(6-4-7-19(18)26)13-31-8-5-9-31/h4,6-7,10-11,14-15,29H,5,8-9,12-13H2,1-3H3. The zero-order chi connectivity index (χ0) is 27.7. The first-order valence-corrected chi connectivity index (χ1v) is 14.5. The Bertz CT molecular complexity index is 1400. The zero-order valence-corrected chi connectivity index (χ0v) is 23.4. The summed E-state index contributed by atoms with van der Waals surface area (Å²) in [5.41, 5.74) is 1.98. The normalized spacial score (nSPS) is 14.2. The van der Waals surface area contributed by atoms with Crippen molar-refractivity contribution in [1.29, 1.82) is 0 Å². The number of anilines is 2. The lowest BCUT2D eigenvalue weighted by molar-refractivity contribution is 0.0608. The van der Waals surface area contributed by atoms with Crippen molar-refractivity contribution in [2.45, 2.75) is 50.8 Å². The molecule has 0 spiro atoms. The molecule has 1 aromatic heterocycles. The molecule has 0 bridgehead atoms. The molecular weight excluding hydrogens is 558 g/mol. The first kappa shape index (κ1) is 28.2. The van der Waals surface area contributed by atoms with Crippen molar-refractivity contribution in [3.63, 3.8) is 0 Å². The number of hydrogen-bond donors (Lipinski definition) is 1. The van der Waals surface area contributed by atoms with Crippen molar-refractivity contribution >= 4 is 50.6 Å². The Morgan fingerprint density at radius 3 is 2.47 bits per heavy atom. The molecule has 13 heteroatoms. The van der Waals surface area contributed by atoms with Crippen LogP contribution in [0.5, 0.6) is 0 Å². The van der Waals surface area contributed by atoms with Gasteiger partial charge in [0.05, 0.1) is 5.51 Å². The number of thiazole rings is 1. The number of amides is 1. The molecule has 4 rings (SSSR count). The number of rotatable bonds is 8. The Morgan fingerprint density at radius 2 is 1.92 bits per heavy atom. The van der Waals surface area contributed by atoms with Gasteiger partial charge in [-0.05, 0) is 69.6 Å². The molecule has 204 valence electrons. The SMILES string of the molecule is CC(C)(C)OC(=O)N(c1cscn1)S(=O)(=O)c1c(F)cc(NCc2c(Cl)cccc2CN2CCC2)cc1F. The van der Waals surface area contributed by atoms with Gasteiger partial charge in [-0.2, -0.15) is 0 Å². The molecule has 38 heavy (non-hydrogen) atoms.